The molecule has 0 amide bonds. The molecule has 2 aromatic heterocycles. The summed E-state index contributed by atoms with van der Waals surface area (Å²) in [5.74, 6) is 0.934. The molecule has 124 valence electrons. The first-order valence-electron chi connectivity index (χ1n) is 8.42. The fourth-order valence-corrected chi connectivity index (χ4v) is 4.47. The van der Waals surface area contributed by atoms with Gasteiger partial charge in [0.25, 0.3) is 0 Å². The minimum Gasteiger partial charge on any atom is -0.390 e. The van der Waals surface area contributed by atoms with Crippen LogP contribution in [0.1, 0.15) is 57.7 Å². The molecule has 0 aromatic carbocycles. The summed E-state index contributed by atoms with van der Waals surface area (Å²) in [5.41, 5.74) is 0.759. The monoisotopic (exact) mass is 334 g/mol. The fraction of sp³-hybridized carbons (Fsp3) is 0.688. The number of nitrogens with zero attached hydrogens (tertiary/aromatic N) is 2. The van der Waals surface area contributed by atoms with Crippen LogP contribution in [0.5, 0.6) is 0 Å². The van der Waals surface area contributed by atoms with E-state index in [-0.39, 0.29) is 11.1 Å². The van der Waals surface area contributed by atoms with Crippen LogP contribution in [-0.4, -0.2) is 30.2 Å². The molecule has 0 atom stereocenters. The van der Waals surface area contributed by atoms with Crippen molar-refractivity contribution >= 4 is 23.4 Å². The van der Waals surface area contributed by atoms with Crippen LogP contribution in [0.25, 0.3) is 11.2 Å². The molecule has 2 aromatic rings. The lowest BCUT2D eigenvalue weighted by Gasteiger charge is -2.49. The van der Waals surface area contributed by atoms with Crippen LogP contribution in [0.2, 0.25) is 0 Å². The van der Waals surface area contributed by atoms with E-state index < -0.39 is 5.60 Å². The first kappa shape index (κ1) is 15.1. The molecule has 3 aliphatic carbocycles. The van der Waals surface area contributed by atoms with Gasteiger partial charge >= 0.3 is 5.69 Å². The molecule has 2 heterocycles. The Kier molecular flexibility index (Phi) is 3.29. The molecule has 5 rings (SSSR count). The zero-order valence-electron chi connectivity index (χ0n) is 13.3. The van der Waals surface area contributed by atoms with Crippen LogP contribution in [0.15, 0.2) is 4.79 Å². The van der Waals surface area contributed by atoms with E-state index in [0.29, 0.717) is 16.8 Å². The molecule has 3 fully saturated rings. The minimum absolute atomic E-state index is 0.00162. The molecule has 0 spiro atoms. The number of fused-ring (bicyclic) bond motifs is 4. The fourth-order valence-electron chi connectivity index (χ4n) is 4.24. The average molecular weight is 334 g/mol. The maximum Gasteiger partial charge on any atom is 0.328 e. The molecule has 3 aliphatic rings. The quantitative estimate of drug-likeness (QED) is 0.753. The molecule has 3 saturated carbocycles. The predicted molar refractivity (Wildman–Crippen MR) is 90.2 cm³/mol. The summed E-state index contributed by atoms with van der Waals surface area (Å²) in [5, 5.41) is 10.4. The van der Waals surface area contributed by atoms with Crippen LogP contribution in [0, 0.1) is 4.64 Å². The van der Waals surface area contributed by atoms with Gasteiger partial charge in [0.15, 0.2) is 5.65 Å². The maximum absolute atomic E-state index is 12.2. The van der Waals surface area contributed by atoms with Crippen LogP contribution in [0.4, 0.5) is 0 Å². The van der Waals surface area contributed by atoms with Gasteiger partial charge in [0, 0.05) is 12.0 Å². The molecule has 2 bridgehead atoms. The molecule has 23 heavy (non-hydrogen) atoms. The molecule has 7 heteroatoms. The number of aryl methyl sites for hydroxylation is 1. The average Bonchev–Trinajstić information content (AvgIpc) is 2.99. The summed E-state index contributed by atoms with van der Waals surface area (Å²) in [6.45, 7) is 2.66. The Morgan fingerprint density at radius 1 is 1.22 bits per heavy atom. The number of H-pyrrole nitrogens is 2. The van der Waals surface area contributed by atoms with Crippen molar-refractivity contribution in [2.24, 2.45) is 0 Å². The van der Waals surface area contributed by atoms with Crippen molar-refractivity contribution in [3.05, 3.63) is 20.9 Å². The standard InChI is InChI=1S/C16H22N4O2S/c1-2-9-20-11-10(12(23)19-14(20)21)17-13(18-11)15-3-6-16(22,7-4-15)8-5-15/h22H,2-9H2,1H3,(H,17,18)(H,19,21,23). The van der Waals surface area contributed by atoms with Crippen molar-refractivity contribution in [1.29, 1.82) is 0 Å². The normalized spacial score (nSPS) is 30.2. The van der Waals surface area contributed by atoms with Crippen molar-refractivity contribution in [3.8, 4) is 0 Å². The van der Waals surface area contributed by atoms with E-state index in [9.17, 15) is 9.90 Å². The number of hydrogen-bond donors (Lipinski definition) is 3. The Bertz CT molecular complexity index is 854. The highest BCUT2D eigenvalue weighted by Crippen LogP contribution is 2.52. The van der Waals surface area contributed by atoms with Crippen molar-refractivity contribution in [2.75, 3.05) is 0 Å². The number of rotatable bonds is 3. The Morgan fingerprint density at radius 3 is 2.48 bits per heavy atom. The van der Waals surface area contributed by atoms with Crippen molar-refractivity contribution in [1.82, 2.24) is 19.5 Å². The summed E-state index contributed by atoms with van der Waals surface area (Å²) in [6.07, 6.45) is 6.18. The van der Waals surface area contributed by atoms with Gasteiger partial charge in [-0.25, -0.2) is 9.78 Å². The van der Waals surface area contributed by atoms with Crippen LogP contribution in [0.3, 0.4) is 0 Å². The van der Waals surface area contributed by atoms with Crippen LogP contribution >= 0.6 is 12.2 Å². The SMILES string of the molecule is CCCn1c(=O)[nH]c(=S)c2[nH]c(C34CCC(O)(CC3)CC4)nc21. The molecular weight excluding hydrogens is 312 g/mol. The van der Waals surface area contributed by atoms with E-state index in [1.807, 2.05) is 6.92 Å². The number of nitrogens with one attached hydrogen (secondary N) is 2. The Balaban J connectivity index is 1.87. The Morgan fingerprint density at radius 2 is 1.87 bits per heavy atom. The number of aromatic nitrogens is 4. The summed E-state index contributed by atoms with van der Waals surface area (Å²) in [7, 11) is 0. The van der Waals surface area contributed by atoms with E-state index >= 15 is 0 Å². The van der Waals surface area contributed by atoms with E-state index in [4.69, 9.17) is 17.2 Å². The van der Waals surface area contributed by atoms with Gasteiger partial charge in [0.1, 0.15) is 16.0 Å². The molecule has 3 N–H and O–H groups in total. The third-order valence-electron chi connectivity index (χ3n) is 5.79. The molecule has 0 saturated heterocycles. The lowest BCUT2D eigenvalue weighted by Crippen LogP contribution is -2.48. The van der Waals surface area contributed by atoms with E-state index in [0.717, 1.165) is 56.3 Å². The molecular formula is C16H22N4O2S. The van der Waals surface area contributed by atoms with Gasteiger partial charge in [-0.3, -0.25) is 9.55 Å². The second-order valence-electron chi connectivity index (χ2n) is 7.20. The first-order chi connectivity index (χ1) is 11.0. The topological polar surface area (TPSA) is 86.7 Å². The van der Waals surface area contributed by atoms with E-state index in [2.05, 4.69) is 9.97 Å². The summed E-state index contributed by atoms with van der Waals surface area (Å²) in [6, 6.07) is 0. The van der Waals surface area contributed by atoms with Crippen molar-refractivity contribution in [3.63, 3.8) is 0 Å². The van der Waals surface area contributed by atoms with E-state index in [1.165, 1.54) is 0 Å². The highest BCUT2D eigenvalue weighted by Gasteiger charge is 2.50. The lowest BCUT2D eigenvalue weighted by molar-refractivity contribution is -0.0677. The van der Waals surface area contributed by atoms with Crippen molar-refractivity contribution in [2.45, 2.75) is 69.4 Å². The van der Waals surface area contributed by atoms with Gasteiger partial charge < -0.3 is 10.1 Å². The number of aromatic amines is 2. The molecule has 0 aliphatic heterocycles. The van der Waals surface area contributed by atoms with Gasteiger partial charge in [0.05, 0.1) is 5.60 Å². The lowest BCUT2D eigenvalue weighted by atomic mass is 9.58. The number of aliphatic hydroxyl groups is 1. The second kappa shape index (κ2) is 5.01. The van der Waals surface area contributed by atoms with Crippen LogP contribution < -0.4 is 5.69 Å². The summed E-state index contributed by atoms with van der Waals surface area (Å²) < 4.78 is 2.10. The highest BCUT2D eigenvalue weighted by atomic mass is 32.1. The molecule has 6 nitrogen and oxygen atoms in total. The van der Waals surface area contributed by atoms with E-state index in [1.54, 1.807) is 4.57 Å². The van der Waals surface area contributed by atoms with Gasteiger partial charge in [-0.15, -0.1) is 0 Å². The summed E-state index contributed by atoms with van der Waals surface area (Å²) >= 11 is 5.32. The smallest absolute Gasteiger partial charge is 0.328 e. The van der Waals surface area contributed by atoms with Crippen LogP contribution in [-0.2, 0) is 12.0 Å². The maximum atomic E-state index is 12.2. The third kappa shape index (κ3) is 2.21. The minimum atomic E-state index is -0.463. The van der Waals surface area contributed by atoms with Gasteiger partial charge in [-0.05, 0) is 44.9 Å². The van der Waals surface area contributed by atoms with Gasteiger partial charge in [0.2, 0.25) is 0 Å². The second-order valence-corrected chi connectivity index (χ2v) is 7.61. The Labute approximate surface area is 139 Å². The Hall–Kier alpha value is -1.47. The summed E-state index contributed by atoms with van der Waals surface area (Å²) in [4.78, 5) is 23.1. The number of imidazole rings is 1. The zero-order valence-corrected chi connectivity index (χ0v) is 14.1. The predicted octanol–water partition coefficient (Wildman–Crippen LogP) is 2.53. The zero-order chi connectivity index (χ0) is 16.2. The van der Waals surface area contributed by atoms with Gasteiger partial charge in [-0.2, -0.15) is 0 Å². The first-order valence-corrected chi connectivity index (χ1v) is 8.83. The molecule has 0 unspecified atom stereocenters. The number of hydrogen-bond acceptors (Lipinski definition) is 4. The van der Waals surface area contributed by atoms with Gasteiger partial charge in [-0.1, -0.05) is 19.1 Å². The highest BCUT2D eigenvalue weighted by molar-refractivity contribution is 7.71. The van der Waals surface area contributed by atoms with Crippen molar-refractivity contribution < 1.29 is 5.11 Å². The molecule has 0 radical (unpaired) electrons. The largest absolute Gasteiger partial charge is 0.390 e. The third-order valence-corrected chi connectivity index (χ3v) is 6.10.